The van der Waals surface area contributed by atoms with Crippen LogP contribution in [0.5, 0.6) is 0 Å². The zero-order valence-electron chi connectivity index (χ0n) is 19.8. The maximum absolute atomic E-state index is 12.5. The third kappa shape index (κ3) is 4.78. The summed E-state index contributed by atoms with van der Waals surface area (Å²) in [6.07, 6.45) is 10.0. The first-order chi connectivity index (χ1) is 16.1. The number of carbonyl (C=O) groups is 1. The van der Waals surface area contributed by atoms with E-state index in [0.717, 1.165) is 72.8 Å². The van der Waals surface area contributed by atoms with Crippen molar-refractivity contribution >= 4 is 11.6 Å². The summed E-state index contributed by atoms with van der Waals surface area (Å²) in [5, 5.41) is 8.19. The van der Waals surface area contributed by atoms with Gasteiger partial charge in [0, 0.05) is 42.7 Å². The normalized spacial score (nSPS) is 19.5. The smallest absolute Gasteiger partial charge is 0.220 e. The summed E-state index contributed by atoms with van der Waals surface area (Å²) in [5.41, 5.74) is 6.29. The lowest BCUT2D eigenvalue weighted by atomic mass is 10.1. The average Bonchev–Trinajstić information content (AvgIpc) is 3.55. The Morgan fingerprint density at radius 1 is 1.15 bits per heavy atom. The number of pyridine rings is 1. The first-order valence-corrected chi connectivity index (χ1v) is 12.4. The molecule has 1 atom stereocenters. The van der Waals surface area contributed by atoms with Gasteiger partial charge in [0.1, 0.15) is 0 Å². The van der Waals surface area contributed by atoms with E-state index in [1.54, 1.807) is 0 Å². The molecule has 1 saturated heterocycles. The van der Waals surface area contributed by atoms with Crippen LogP contribution in [0.4, 0.5) is 0 Å². The number of amides is 1. The van der Waals surface area contributed by atoms with E-state index >= 15 is 0 Å². The topological polar surface area (TPSA) is 75.4 Å². The maximum atomic E-state index is 12.5. The second-order valence-corrected chi connectivity index (χ2v) is 9.60. The van der Waals surface area contributed by atoms with Gasteiger partial charge in [0.15, 0.2) is 5.65 Å². The van der Waals surface area contributed by atoms with Gasteiger partial charge in [-0.1, -0.05) is 18.9 Å². The van der Waals surface area contributed by atoms with Crippen LogP contribution in [0.1, 0.15) is 79.3 Å². The van der Waals surface area contributed by atoms with Crippen LogP contribution in [0.25, 0.3) is 5.65 Å². The van der Waals surface area contributed by atoms with Crippen molar-refractivity contribution in [3.63, 3.8) is 0 Å². The number of carbonyl (C=O) groups excluding carboxylic acids is 1. The van der Waals surface area contributed by atoms with Crippen molar-refractivity contribution in [2.45, 2.75) is 83.8 Å². The van der Waals surface area contributed by atoms with Crippen LogP contribution in [-0.2, 0) is 17.8 Å². The van der Waals surface area contributed by atoms with E-state index in [1.807, 2.05) is 29.8 Å². The Morgan fingerprint density at radius 2 is 2.00 bits per heavy atom. The van der Waals surface area contributed by atoms with Gasteiger partial charge in [-0.25, -0.2) is 9.50 Å². The highest BCUT2D eigenvalue weighted by Crippen LogP contribution is 2.33. The third-order valence-corrected chi connectivity index (χ3v) is 7.30. The standard InChI is InChI=1S/C26H34N6O/c1-18-22(12-13-26(33)29-20-8-3-4-9-20)19(2)32-25(28-18)16-23(30-32)24-11-7-15-31(24)17-21-10-5-6-14-27-21/h5-6,10,14,16,20,24H,3-4,7-9,11-13,15,17H2,1-2H3,(H,29,33)/t24-/m1/s1. The Morgan fingerprint density at radius 3 is 2.79 bits per heavy atom. The van der Waals surface area contributed by atoms with Crippen molar-refractivity contribution in [3.05, 3.63) is 58.8 Å². The van der Waals surface area contributed by atoms with E-state index in [9.17, 15) is 4.79 Å². The highest BCUT2D eigenvalue weighted by atomic mass is 16.1. The molecule has 33 heavy (non-hydrogen) atoms. The third-order valence-electron chi connectivity index (χ3n) is 7.30. The van der Waals surface area contributed by atoms with Gasteiger partial charge in [-0.2, -0.15) is 5.10 Å². The molecule has 1 aliphatic heterocycles. The molecule has 0 aromatic carbocycles. The monoisotopic (exact) mass is 446 g/mol. The van der Waals surface area contributed by atoms with Gasteiger partial charge in [0.2, 0.25) is 5.91 Å². The molecule has 0 radical (unpaired) electrons. The number of rotatable bonds is 7. The van der Waals surface area contributed by atoms with Crippen molar-refractivity contribution in [2.75, 3.05) is 6.54 Å². The van der Waals surface area contributed by atoms with Crippen LogP contribution in [0.15, 0.2) is 30.5 Å². The summed E-state index contributed by atoms with van der Waals surface area (Å²) in [7, 11) is 0. The Hall–Kier alpha value is -2.80. The molecule has 0 spiro atoms. The molecule has 1 aliphatic carbocycles. The molecule has 1 N–H and O–H groups in total. The van der Waals surface area contributed by atoms with Crippen LogP contribution in [0.2, 0.25) is 0 Å². The maximum Gasteiger partial charge on any atom is 0.220 e. The summed E-state index contributed by atoms with van der Waals surface area (Å²) in [6, 6.07) is 8.88. The summed E-state index contributed by atoms with van der Waals surface area (Å²) in [6.45, 7) is 6.05. The SMILES string of the molecule is Cc1nc2cc([C@H]3CCCN3Cc3ccccn3)nn2c(C)c1CCC(=O)NC1CCCC1. The number of aromatic nitrogens is 4. The lowest BCUT2D eigenvalue weighted by Crippen LogP contribution is -2.32. The average molecular weight is 447 g/mol. The summed E-state index contributed by atoms with van der Waals surface area (Å²) >= 11 is 0. The lowest BCUT2D eigenvalue weighted by molar-refractivity contribution is -0.121. The number of fused-ring (bicyclic) bond motifs is 1. The molecule has 0 unspecified atom stereocenters. The molecule has 2 aliphatic rings. The fourth-order valence-corrected chi connectivity index (χ4v) is 5.53. The molecular weight excluding hydrogens is 412 g/mol. The second kappa shape index (κ2) is 9.59. The van der Waals surface area contributed by atoms with Gasteiger partial charge in [0.05, 0.1) is 17.4 Å². The molecule has 1 saturated carbocycles. The van der Waals surface area contributed by atoms with Crippen LogP contribution >= 0.6 is 0 Å². The van der Waals surface area contributed by atoms with Crippen LogP contribution in [0, 0.1) is 13.8 Å². The van der Waals surface area contributed by atoms with Crippen LogP contribution in [0.3, 0.4) is 0 Å². The Labute approximate surface area is 195 Å². The zero-order valence-corrected chi connectivity index (χ0v) is 19.8. The number of aryl methyl sites for hydroxylation is 2. The quantitative estimate of drug-likeness (QED) is 0.592. The number of hydrogen-bond acceptors (Lipinski definition) is 5. The molecule has 7 heteroatoms. The van der Waals surface area contributed by atoms with Gasteiger partial charge >= 0.3 is 0 Å². The van der Waals surface area contributed by atoms with E-state index in [1.165, 1.54) is 12.8 Å². The minimum Gasteiger partial charge on any atom is -0.353 e. The largest absolute Gasteiger partial charge is 0.353 e. The Bertz CT molecular complexity index is 1120. The molecule has 7 nitrogen and oxygen atoms in total. The molecular formula is C26H34N6O. The predicted molar refractivity (Wildman–Crippen MR) is 128 cm³/mol. The van der Waals surface area contributed by atoms with Crippen LogP contribution < -0.4 is 5.32 Å². The van der Waals surface area contributed by atoms with Crippen molar-refractivity contribution < 1.29 is 4.79 Å². The van der Waals surface area contributed by atoms with E-state index in [2.05, 4.69) is 34.3 Å². The second-order valence-electron chi connectivity index (χ2n) is 9.60. The molecule has 3 aromatic heterocycles. The summed E-state index contributed by atoms with van der Waals surface area (Å²) in [5.74, 6) is 0.151. The number of nitrogens with one attached hydrogen (secondary N) is 1. The van der Waals surface area contributed by atoms with E-state index in [4.69, 9.17) is 10.1 Å². The van der Waals surface area contributed by atoms with Crippen molar-refractivity contribution in [3.8, 4) is 0 Å². The van der Waals surface area contributed by atoms with E-state index in [0.29, 0.717) is 18.9 Å². The van der Waals surface area contributed by atoms with E-state index < -0.39 is 0 Å². The molecule has 174 valence electrons. The zero-order chi connectivity index (χ0) is 22.8. The fraction of sp³-hybridized carbons (Fsp3) is 0.538. The fourth-order valence-electron chi connectivity index (χ4n) is 5.53. The van der Waals surface area contributed by atoms with Crippen molar-refractivity contribution in [1.82, 2.24) is 29.8 Å². The van der Waals surface area contributed by atoms with Crippen molar-refractivity contribution in [2.24, 2.45) is 0 Å². The Kier molecular flexibility index (Phi) is 6.40. The van der Waals surface area contributed by atoms with Crippen LogP contribution in [-0.4, -0.2) is 43.0 Å². The van der Waals surface area contributed by atoms with Gasteiger partial charge in [-0.15, -0.1) is 0 Å². The van der Waals surface area contributed by atoms with E-state index in [-0.39, 0.29) is 11.9 Å². The first kappa shape index (κ1) is 22.0. The minimum absolute atomic E-state index is 0.151. The highest BCUT2D eigenvalue weighted by molar-refractivity contribution is 5.76. The molecule has 4 heterocycles. The lowest BCUT2D eigenvalue weighted by Gasteiger charge is -2.22. The Balaban J connectivity index is 1.32. The van der Waals surface area contributed by atoms with Gasteiger partial charge < -0.3 is 5.32 Å². The molecule has 3 aromatic rings. The predicted octanol–water partition coefficient (Wildman–Crippen LogP) is 4.07. The number of hydrogen-bond donors (Lipinski definition) is 1. The number of likely N-dealkylation sites (tertiary alicyclic amines) is 1. The van der Waals surface area contributed by atoms with Gasteiger partial charge in [-0.3, -0.25) is 14.7 Å². The molecule has 5 rings (SSSR count). The molecule has 1 amide bonds. The summed E-state index contributed by atoms with van der Waals surface area (Å²) < 4.78 is 1.98. The number of nitrogens with zero attached hydrogens (tertiary/aromatic N) is 5. The molecule has 2 fully saturated rings. The van der Waals surface area contributed by atoms with Gasteiger partial charge in [0.25, 0.3) is 0 Å². The van der Waals surface area contributed by atoms with Gasteiger partial charge in [-0.05, 0) is 70.2 Å². The first-order valence-electron chi connectivity index (χ1n) is 12.4. The highest BCUT2D eigenvalue weighted by Gasteiger charge is 2.29. The van der Waals surface area contributed by atoms with Crippen molar-refractivity contribution in [1.29, 1.82) is 0 Å². The molecule has 0 bridgehead atoms. The summed E-state index contributed by atoms with van der Waals surface area (Å²) in [4.78, 5) is 24.3. The minimum atomic E-state index is 0.151.